The Morgan fingerprint density at radius 2 is 2.00 bits per heavy atom. The Kier molecular flexibility index (Phi) is 5.12. The molecule has 4 rings (SSSR count). The van der Waals surface area contributed by atoms with E-state index in [1.54, 1.807) is 41.3 Å². The van der Waals surface area contributed by atoms with E-state index in [1.165, 1.54) is 6.07 Å². The number of benzene rings is 2. The number of ether oxygens (including phenoxy) is 1. The highest BCUT2D eigenvalue weighted by molar-refractivity contribution is 7.90. The van der Waals surface area contributed by atoms with Crippen LogP contribution in [0.3, 0.4) is 0 Å². The second kappa shape index (κ2) is 7.56. The van der Waals surface area contributed by atoms with Crippen molar-refractivity contribution < 1.29 is 17.9 Å². The van der Waals surface area contributed by atoms with E-state index in [0.29, 0.717) is 29.4 Å². The second-order valence-electron chi connectivity index (χ2n) is 6.83. The van der Waals surface area contributed by atoms with Crippen molar-refractivity contribution >= 4 is 33.4 Å². The van der Waals surface area contributed by atoms with E-state index in [4.69, 9.17) is 16.3 Å². The van der Waals surface area contributed by atoms with Crippen molar-refractivity contribution in [3.05, 3.63) is 64.7 Å². The van der Waals surface area contributed by atoms with E-state index in [0.717, 1.165) is 18.4 Å². The molecule has 6 nitrogen and oxygen atoms in total. The van der Waals surface area contributed by atoms with Gasteiger partial charge in [-0.05, 0) is 49.1 Å². The topological polar surface area (TPSA) is 76.0 Å². The molecule has 2 aromatic rings. The lowest BCUT2D eigenvalue weighted by atomic mass is 10.0. The van der Waals surface area contributed by atoms with Crippen LogP contribution in [-0.2, 0) is 26.2 Å². The predicted octanol–water partition coefficient (Wildman–Crippen LogP) is 3.39. The minimum Gasteiger partial charge on any atom is -0.459 e. The van der Waals surface area contributed by atoms with Crippen LogP contribution in [0.4, 0.5) is 0 Å². The van der Waals surface area contributed by atoms with Crippen molar-refractivity contribution in [1.29, 1.82) is 0 Å². The highest BCUT2D eigenvalue weighted by Gasteiger charge is 2.38. The van der Waals surface area contributed by atoms with Crippen molar-refractivity contribution in [3.63, 3.8) is 0 Å². The fourth-order valence-electron chi connectivity index (χ4n) is 3.60. The van der Waals surface area contributed by atoms with Crippen LogP contribution in [0.15, 0.2) is 57.8 Å². The summed E-state index contributed by atoms with van der Waals surface area (Å²) in [5, 5.41) is 0.579. The third kappa shape index (κ3) is 3.64. The van der Waals surface area contributed by atoms with Gasteiger partial charge in [-0.2, -0.15) is 8.42 Å². The molecule has 1 fully saturated rings. The quantitative estimate of drug-likeness (QED) is 0.714. The molecule has 0 bridgehead atoms. The summed E-state index contributed by atoms with van der Waals surface area (Å²) < 4.78 is 34.2. The van der Waals surface area contributed by atoms with Gasteiger partial charge in [-0.25, -0.2) is 4.79 Å². The maximum absolute atomic E-state index is 12.8. The Bertz CT molecular complexity index is 1050. The summed E-state index contributed by atoms with van der Waals surface area (Å²) >= 11 is 5.97. The first kappa shape index (κ1) is 19.0. The van der Waals surface area contributed by atoms with Crippen LogP contribution in [0.5, 0.6) is 0 Å². The number of halogens is 1. The van der Waals surface area contributed by atoms with Crippen LogP contribution in [-0.4, -0.2) is 37.7 Å². The molecule has 0 amide bonds. The van der Waals surface area contributed by atoms with Crippen molar-refractivity contribution in [2.45, 2.75) is 36.8 Å². The van der Waals surface area contributed by atoms with Crippen LogP contribution in [0, 0.1) is 0 Å². The summed E-state index contributed by atoms with van der Waals surface area (Å²) in [5.41, 5.74) is 1.34. The van der Waals surface area contributed by atoms with Gasteiger partial charge < -0.3 is 9.64 Å². The van der Waals surface area contributed by atoms with Gasteiger partial charge in [-0.3, -0.25) is 0 Å². The third-order valence-electron chi connectivity index (χ3n) is 4.93. The van der Waals surface area contributed by atoms with Crippen molar-refractivity contribution in [1.82, 2.24) is 4.90 Å². The van der Waals surface area contributed by atoms with E-state index in [9.17, 15) is 13.2 Å². The fraction of sp³-hybridized carbons (Fsp3) is 0.300. The number of likely N-dealkylation sites (tertiary alicyclic amines) is 1. The summed E-state index contributed by atoms with van der Waals surface area (Å²) in [4.78, 5) is 14.7. The third-order valence-corrected chi connectivity index (χ3v) is 6.49. The zero-order chi connectivity index (χ0) is 19.7. The van der Waals surface area contributed by atoms with Crippen LogP contribution >= 0.6 is 11.6 Å². The maximum atomic E-state index is 12.8. The molecule has 28 heavy (non-hydrogen) atoms. The fourth-order valence-corrected chi connectivity index (χ4v) is 5.03. The monoisotopic (exact) mass is 418 g/mol. The number of rotatable bonds is 3. The lowest BCUT2D eigenvalue weighted by Crippen LogP contribution is -2.48. The summed E-state index contributed by atoms with van der Waals surface area (Å²) in [5.74, 6) is -0.0517. The zero-order valence-corrected chi connectivity index (χ0v) is 16.6. The van der Waals surface area contributed by atoms with Crippen LogP contribution < -0.4 is 0 Å². The van der Waals surface area contributed by atoms with Gasteiger partial charge in [0.2, 0.25) is 0 Å². The number of sulfonamides is 1. The van der Waals surface area contributed by atoms with Crippen LogP contribution in [0.25, 0.3) is 0 Å². The van der Waals surface area contributed by atoms with E-state index in [2.05, 4.69) is 4.40 Å². The molecule has 0 unspecified atom stereocenters. The highest BCUT2D eigenvalue weighted by atomic mass is 35.5. The number of carbonyl (C=O) groups is 1. The number of hydrogen-bond donors (Lipinski definition) is 0. The maximum Gasteiger partial charge on any atom is 0.329 e. The average molecular weight is 419 g/mol. The Balaban J connectivity index is 1.56. The zero-order valence-electron chi connectivity index (χ0n) is 15.0. The number of hydrogen-bond acceptors (Lipinski definition) is 5. The van der Waals surface area contributed by atoms with Gasteiger partial charge >= 0.3 is 5.97 Å². The van der Waals surface area contributed by atoms with E-state index in [1.807, 2.05) is 6.07 Å². The summed E-state index contributed by atoms with van der Waals surface area (Å²) in [6, 6.07) is 13.3. The molecule has 2 aliphatic rings. The lowest BCUT2D eigenvalue weighted by molar-refractivity contribution is -0.150. The van der Waals surface area contributed by atoms with Crippen LogP contribution in [0.1, 0.15) is 30.4 Å². The summed E-state index contributed by atoms with van der Waals surface area (Å²) in [6.45, 7) is 0.671. The molecular formula is C20H19ClN2O4S. The highest BCUT2D eigenvalue weighted by Crippen LogP contribution is 2.31. The van der Waals surface area contributed by atoms with Crippen molar-refractivity contribution in [2.75, 3.05) is 6.54 Å². The average Bonchev–Trinajstić information content (AvgIpc) is 2.97. The number of piperidine rings is 1. The normalized spacial score (nSPS) is 20.4. The minimum atomic E-state index is -3.73. The summed E-state index contributed by atoms with van der Waals surface area (Å²) in [7, 11) is -3.73. The van der Waals surface area contributed by atoms with Gasteiger partial charge in [-0.15, -0.1) is 4.40 Å². The number of nitrogens with zero attached hydrogens (tertiary/aromatic N) is 2. The van der Waals surface area contributed by atoms with Gasteiger partial charge in [0.25, 0.3) is 10.0 Å². The second-order valence-corrected chi connectivity index (χ2v) is 8.84. The molecule has 0 aromatic heterocycles. The Hall–Kier alpha value is -2.38. The smallest absolute Gasteiger partial charge is 0.329 e. The van der Waals surface area contributed by atoms with E-state index >= 15 is 0 Å². The van der Waals surface area contributed by atoms with Gasteiger partial charge in [0.1, 0.15) is 17.5 Å². The largest absolute Gasteiger partial charge is 0.459 e. The standard InChI is InChI=1S/C20H19ClN2O4S/c21-15-7-5-6-14(12-15)13-27-20(24)17-9-3-4-11-23(17)19-16-8-1-2-10-18(16)28(25,26)22-19/h1-2,5-8,10,12,17H,3-4,9,11,13H2/t17-/m1/s1. The van der Waals surface area contributed by atoms with Crippen LogP contribution in [0.2, 0.25) is 5.02 Å². The molecule has 1 saturated heterocycles. The van der Waals surface area contributed by atoms with Gasteiger partial charge in [-0.1, -0.05) is 35.9 Å². The van der Waals surface area contributed by atoms with E-state index in [-0.39, 0.29) is 17.5 Å². The lowest BCUT2D eigenvalue weighted by Gasteiger charge is -2.35. The number of amidine groups is 1. The van der Waals surface area contributed by atoms with Gasteiger partial charge in [0.15, 0.2) is 5.84 Å². The molecular weight excluding hydrogens is 400 g/mol. The predicted molar refractivity (Wildman–Crippen MR) is 106 cm³/mol. The molecule has 0 N–H and O–H groups in total. The molecule has 2 heterocycles. The Morgan fingerprint density at radius 3 is 2.82 bits per heavy atom. The van der Waals surface area contributed by atoms with Crippen molar-refractivity contribution in [2.24, 2.45) is 4.40 Å². The molecule has 146 valence electrons. The molecule has 0 radical (unpaired) electrons. The van der Waals surface area contributed by atoms with Gasteiger partial charge in [0.05, 0.1) is 0 Å². The Labute approximate surface area is 168 Å². The molecule has 0 aliphatic carbocycles. The molecule has 0 spiro atoms. The first-order chi connectivity index (χ1) is 13.5. The number of esters is 1. The van der Waals surface area contributed by atoms with Crippen molar-refractivity contribution in [3.8, 4) is 0 Å². The van der Waals surface area contributed by atoms with E-state index < -0.39 is 16.1 Å². The minimum absolute atomic E-state index is 0.116. The Morgan fingerprint density at radius 1 is 1.18 bits per heavy atom. The number of carbonyl (C=O) groups excluding carboxylic acids is 1. The number of fused-ring (bicyclic) bond motifs is 1. The first-order valence-electron chi connectivity index (χ1n) is 9.08. The molecule has 0 saturated carbocycles. The first-order valence-corrected chi connectivity index (χ1v) is 10.9. The molecule has 8 heteroatoms. The van der Waals surface area contributed by atoms with Gasteiger partial charge in [0, 0.05) is 17.1 Å². The summed E-state index contributed by atoms with van der Waals surface area (Å²) in [6.07, 6.45) is 2.32. The molecule has 2 aromatic carbocycles. The molecule has 2 aliphatic heterocycles. The molecule has 1 atom stereocenters. The SMILES string of the molecule is O=C(OCc1cccc(Cl)c1)[C@H]1CCCCN1C1=NS(=O)(=O)c2ccccc21.